The number of aromatic nitrogens is 1. The molecule has 0 aliphatic heterocycles. The van der Waals surface area contributed by atoms with E-state index in [9.17, 15) is 13.2 Å². The molecule has 0 amide bonds. The lowest BCUT2D eigenvalue weighted by atomic mass is 10.2. The fourth-order valence-electron chi connectivity index (χ4n) is 1.21. The summed E-state index contributed by atoms with van der Waals surface area (Å²) in [6.07, 6.45) is -1.54. The van der Waals surface area contributed by atoms with Crippen LogP contribution >= 0.6 is 0 Å². The zero-order valence-corrected chi connectivity index (χ0v) is 8.08. The molecule has 1 aliphatic carbocycles. The second-order valence-corrected chi connectivity index (χ2v) is 3.49. The molecular formula is C10H7F3N2O. The van der Waals surface area contributed by atoms with E-state index in [1.54, 1.807) is 6.07 Å². The van der Waals surface area contributed by atoms with Crippen LogP contribution in [0.15, 0.2) is 12.4 Å². The van der Waals surface area contributed by atoms with E-state index in [4.69, 9.17) is 10.00 Å². The third-order valence-electron chi connectivity index (χ3n) is 2.13. The van der Waals surface area contributed by atoms with Gasteiger partial charge in [0.15, 0.2) is 5.75 Å². The zero-order valence-electron chi connectivity index (χ0n) is 8.08. The Labute approximate surface area is 89.5 Å². The number of nitrogens with zero attached hydrogens (tertiary/aromatic N) is 2. The van der Waals surface area contributed by atoms with Crippen LogP contribution < -0.4 is 4.74 Å². The van der Waals surface area contributed by atoms with Crippen LogP contribution in [-0.4, -0.2) is 11.1 Å². The van der Waals surface area contributed by atoms with E-state index in [-0.39, 0.29) is 11.7 Å². The monoisotopic (exact) mass is 228 g/mol. The van der Waals surface area contributed by atoms with Gasteiger partial charge in [-0.15, -0.1) is 0 Å². The smallest absolute Gasteiger partial charge is 0.421 e. The molecular weight excluding hydrogens is 221 g/mol. The van der Waals surface area contributed by atoms with E-state index in [0.717, 1.165) is 19.0 Å². The first-order valence-electron chi connectivity index (χ1n) is 4.64. The maximum atomic E-state index is 12.6. The summed E-state index contributed by atoms with van der Waals surface area (Å²) < 4.78 is 42.9. The van der Waals surface area contributed by atoms with Gasteiger partial charge in [0.1, 0.15) is 17.2 Å². The van der Waals surface area contributed by atoms with Gasteiger partial charge in [-0.05, 0) is 12.8 Å². The van der Waals surface area contributed by atoms with E-state index in [1.165, 1.54) is 0 Å². The molecule has 16 heavy (non-hydrogen) atoms. The minimum absolute atomic E-state index is 0.179. The third-order valence-corrected chi connectivity index (χ3v) is 2.13. The molecule has 1 saturated carbocycles. The van der Waals surface area contributed by atoms with Gasteiger partial charge in [-0.3, -0.25) is 4.98 Å². The van der Waals surface area contributed by atoms with E-state index in [0.29, 0.717) is 6.20 Å². The number of rotatable bonds is 2. The minimum Gasteiger partial charge on any atom is -0.488 e. The van der Waals surface area contributed by atoms with Crippen LogP contribution in [0.25, 0.3) is 0 Å². The second-order valence-electron chi connectivity index (χ2n) is 3.49. The number of nitriles is 1. The van der Waals surface area contributed by atoms with Gasteiger partial charge in [0.2, 0.25) is 0 Å². The van der Waals surface area contributed by atoms with Gasteiger partial charge in [0.25, 0.3) is 0 Å². The Morgan fingerprint density at radius 2 is 2.06 bits per heavy atom. The lowest BCUT2D eigenvalue weighted by Crippen LogP contribution is -2.11. The molecule has 0 unspecified atom stereocenters. The topological polar surface area (TPSA) is 45.9 Å². The summed E-state index contributed by atoms with van der Waals surface area (Å²) in [5.74, 6) is -0.396. The predicted molar refractivity (Wildman–Crippen MR) is 47.6 cm³/mol. The largest absolute Gasteiger partial charge is 0.488 e. The fraction of sp³-hybridized carbons (Fsp3) is 0.400. The van der Waals surface area contributed by atoms with Crippen molar-refractivity contribution >= 4 is 0 Å². The molecule has 0 saturated heterocycles. The van der Waals surface area contributed by atoms with E-state index < -0.39 is 17.5 Å². The molecule has 0 radical (unpaired) electrons. The zero-order chi connectivity index (χ0) is 11.8. The number of hydrogen-bond donors (Lipinski definition) is 0. The van der Waals surface area contributed by atoms with Crippen molar-refractivity contribution in [3.8, 4) is 11.8 Å². The number of ether oxygens (including phenoxy) is 1. The van der Waals surface area contributed by atoms with Crippen LogP contribution in [0, 0.1) is 11.3 Å². The van der Waals surface area contributed by atoms with Crippen molar-refractivity contribution in [2.45, 2.75) is 25.1 Å². The summed E-state index contributed by atoms with van der Waals surface area (Å²) in [7, 11) is 0. The standard InChI is InChI=1S/C10H7F3N2O/c11-10(12,13)8-5-15-4-6(3-14)9(8)16-7-1-2-7/h4-5,7H,1-2H2. The minimum atomic E-state index is -4.55. The average Bonchev–Trinajstić information content (AvgIpc) is 3.00. The summed E-state index contributed by atoms with van der Waals surface area (Å²) in [6.45, 7) is 0. The molecule has 1 aromatic rings. The highest BCUT2D eigenvalue weighted by molar-refractivity contribution is 5.47. The molecule has 1 heterocycles. The Morgan fingerprint density at radius 1 is 1.38 bits per heavy atom. The molecule has 84 valence electrons. The van der Waals surface area contributed by atoms with E-state index in [1.807, 2.05) is 0 Å². The molecule has 0 atom stereocenters. The normalized spacial score (nSPS) is 15.6. The molecule has 1 aromatic heterocycles. The number of pyridine rings is 1. The van der Waals surface area contributed by atoms with Crippen LogP contribution in [0.5, 0.6) is 5.75 Å². The molecule has 6 heteroatoms. The first kappa shape index (κ1) is 10.7. The lowest BCUT2D eigenvalue weighted by molar-refractivity contribution is -0.139. The summed E-state index contributed by atoms with van der Waals surface area (Å²) >= 11 is 0. The number of alkyl halides is 3. The highest BCUT2D eigenvalue weighted by Gasteiger charge is 2.38. The number of hydrogen-bond acceptors (Lipinski definition) is 3. The summed E-state index contributed by atoms with van der Waals surface area (Å²) in [5, 5.41) is 8.70. The Balaban J connectivity index is 2.46. The molecule has 2 rings (SSSR count). The van der Waals surface area contributed by atoms with Gasteiger partial charge in [-0.2, -0.15) is 18.4 Å². The average molecular weight is 228 g/mol. The highest BCUT2D eigenvalue weighted by Crippen LogP contribution is 2.39. The van der Waals surface area contributed by atoms with Gasteiger partial charge in [-0.25, -0.2) is 0 Å². The van der Waals surface area contributed by atoms with Gasteiger partial charge in [0.05, 0.1) is 6.10 Å². The molecule has 0 spiro atoms. The Morgan fingerprint density at radius 3 is 2.56 bits per heavy atom. The van der Waals surface area contributed by atoms with Crippen molar-refractivity contribution < 1.29 is 17.9 Å². The van der Waals surface area contributed by atoms with Crippen LogP contribution in [0.1, 0.15) is 24.0 Å². The van der Waals surface area contributed by atoms with E-state index in [2.05, 4.69) is 4.98 Å². The van der Waals surface area contributed by atoms with Gasteiger partial charge < -0.3 is 4.74 Å². The van der Waals surface area contributed by atoms with Gasteiger partial charge >= 0.3 is 6.18 Å². The van der Waals surface area contributed by atoms with Crippen molar-refractivity contribution in [3.05, 3.63) is 23.5 Å². The van der Waals surface area contributed by atoms with Crippen LogP contribution in [0.2, 0.25) is 0 Å². The van der Waals surface area contributed by atoms with Gasteiger partial charge in [-0.1, -0.05) is 0 Å². The number of halogens is 3. The van der Waals surface area contributed by atoms with Crippen LogP contribution in [0.4, 0.5) is 13.2 Å². The Bertz CT molecular complexity index is 446. The first-order valence-corrected chi connectivity index (χ1v) is 4.64. The molecule has 1 aliphatic rings. The first-order chi connectivity index (χ1) is 7.52. The van der Waals surface area contributed by atoms with Crippen molar-refractivity contribution in [1.29, 1.82) is 5.26 Å². The summed E-state index contributed by atoms with van der Waals surface area (Å²) in [4.78, 5) is 3.39. The SMILES string of the molecule is N#Cc1cncc(C(F)(F)F)c1OC1CC1. The van der Waals surface area contributed by atoms with Crippen molar-refractivity contribution in [2.24, 2.45) is 0 Å². The van der Waals surface area contributed by atoms with Crippen LogP contribution in [-0.2, 0) is 6.18 Å². The van der Waals surface area contributed by atoms with Crippen LogP contribution in [0.3, 0.4) is 0 Å². The highest BCUT2D eigenvalue weighted by atomic mass is 19.4. The predicted octanol–water partition coefficient (Wildman–Crippen LogP) is 2.51. The van der Waals surface area contributed by atoms with Crippen molar-refractivity contribution in [2.75, 3.05) is 0 Å². The fourth-order valence-corrected chi connectivity index (χ4v) is 1.21. The van der Waals surface area contributed by atoms with Crippen molar-refractivity contribution in [1.82, 2.24) is 4.98 Å². The lowest BCUT2D eigenvalue weighted by Gasteiger charge is -2.13. The quantitative estimate of drug-likeness (QED) is 0.781. The molecule has 3 nitrogen and oxygen atoms in total. The van der Waals surface area contributed by atoms with E-state index >= 15 is 0 Å². The molecule has 0 bridgehead atoms. The second kappa shape index (κ2) is 3.67. The molecule has 0 N–H and O–H groups in total. The van der Waals surface area contributed by atoms with Crippen molar-refractivity contribution in [3.63, 3.8) is 0 Å². The molecule has 0 aromatic carbocycles. The van der Waals surface area contributed by atoms with Gasteiger partial charge in [0, 0.05) is 12.4 Å². The Kier molecular flexibility index (Phi) is 2.46. The maximum Gasteiger partial charge on any atom is 0.421 e. The maximum absolute atomic E-state index is 12.6. The summed E-state index contributed by atoms with van der Waals surface area (Å²) in [6, 6.07) is 1.65. The molecule has 1 fully saturated rings. The Hall–Kier alpha value is -1.77. The summed E-state index contributed by atoms with van der Waals surface area (Å²) in [5.41, 5.74) is -1.17. The third kappa shape index (κ3) is 2.08.